The van der Waals surface area contributed by atoms with Crippen molar-refractivity contribution in [2.45, 2.75) is 62.6 Å². The van der Waals surface area contributed by atoms with E-state index in [1.807, 2.05) is 6.92 Å². The van der Waals surface area contributed by atoms with Crippen LogP contribution in [0.2, 0.25) is 0 Å². The normalized spacial score (nSPS) is 20.6. The zero-order valence-corrected chi connectivity index (χ0v) is 13.3. The summed E-state index contributed by atoms with van der Waals surface area (Å²) in [4.78, 5) is 0.269. The number of hydrogen-bond donors (Lipinski definition) is 2. The van der Waals surface area contributed by atoms with Gasteiger partial charge in [0.15, 0.2) is 0 Å². The molecule has 0 bridgehead atoms. The summed E-state index contributed by atoms with van der Waals surface area (Å²) in [7, 11) is -3.43. The molecule has 2 N–H and O–H groups in total. The van der Waals surface area contributed by atoms with E-state index in [9.17, 15) is 8.42 Å². The van der Waals surface area contributed by atoms with E-state index in [0.717, 1.165) is 32.4 Å². The van der Waals surface area contributed by atoms with Gasteiger partial charge in [-0.2, -0.15) is 5.10 Å². The summed E-state index contributed by atoms with van der Waals surface area (Å²) in [5.74, 6) is 0.503. The Morgan fingerprint density at radius 2 is 2.14 bits per heavy atom. The van der Waals surface area contributed by atoms with E-state index < -0.39 is 10.0 Å². The van der Waals surface area contributed by atoms with Crippen molar-refractivity contribution in [1.29, 1.82) is 0 Å². The third-order valence-corrected chi connectivity index (χ3v) is 5.68. The molecule has 0 saturated heterocycles. The van der Waals surface area contributed by atoms with Crippen molar-refractivity contribution in [3.63, 3.8) is 0 Å². The Morgan fingerprint density at radius 3 is 2.81 bits per heavy atom. The molecule has 0 aromatic carbocycles. The van der Waals surface area contributed by atoms with Crippen LogP contribution in [-0.2, 0) is 16.6 Å². The molecule has 1 heterocycles. The second-order valence-corrected chi connectivity index (χ2v) is 7.98. The highest BCUT2D eigenvalue weighted by Gasteiger charge is 2.31. The summed E-state index contributed by atoms with van der Waals surface area (Å²) in [5, 5.41) is 7.59. The maximum absolute atomic E-state index is 12.2. The van der Waals surface area contributed by atoms with E-state index >= 15 is 0 Å². The molecule has 0 radical (unpaired) electrons. The Hall–Kier alpha value is -0.920. The van der Waals surface area contributed by atoms with Gasteiger partial charge in [-0.1, -0.05) is 0 Å². The highest BCUT2D eigenvalue weighted by atomic mass is 32.2. The molecule has 0 spiro atoms. The summed E-state index contributed by atoms with van der Waals surface area (Å²) < 4.78 is 28.9. The molecule has 0 amide bonds. The van der Waals surface area contributed by atoms with Crippen LogP contribution in [0.5, 0.6) is 0 Å². The number of nitrogens with zero attached hydrogens (tertiary/aromatic N) is 2. The topological polar surface area (TPSA) is 76.0 Å². The van der Waals surface area contributed by atoms with Crippen molar-refractivity contribution in [3.05, 3.63) is 12.4 Å². The summed E-state index contributed by atoms with van der Waals surface area (Å²) in [6.07, 6.45) is 8.84. The smallest absolute Gasteiger partial charge is 0.243 e. The average molecular weight is 312 g/mol. The molecule has 1 unspecified atom stereocenters. The molecule has 2 fully saturated rings. The van der Waals surface area contributed by atoms with Crippen LogP contribution in [0, 0.1) is 5.92 Å². The average Bonchev–Trinajstić information content (AvgIpc) is 3.33. The van der Waals surface area contributed by atoms with Gasteiger partial charge < -0.3 is 5.32 Å². The Bertz CT molecular complexity index is 576. The summed E-state index contributed by atoms with van der Waals surface area (Å²) in [5.41, 5.74) is 0. The van der Waals surface area contributed by atoms with Crippen LogP contribution in [0.1, 0.15) is 39.0 Å². The van der Waals surface area contributed by atoms with Gasteiger partial charge in [-0.05, 0) is 51.5 Å². The lowest BCUT2D eigenvalue weighted by atomic mass is 10.2. The number of aromatic nitrogens is 2. The first-order valence-electron chi connectivity index (χ1n) is 7.83. The standard InChI is InChI=1S/C14H24N4O2S/c1-11(12-3-4-12)17-21(19,20)14-9-16-18(10-14)8-2-7-15-13-5-6-13/h9-13,15,17H,2-8H2,1H3. The van der Waals surface area contributed by atoms with E-state index in [4.69, 9.17) is 0 Å². The Balaban J connectivity index is 1.50. The summed E-state index contributed by atoms with van der Waals surface area (Å²) in [6.45, 7) is 3.64. The lowest BCUT2D eigenvalue weighted by Gasteiger charge is -2.11. The van der Waals surface area contributed by atoms with Gasteiger partial charge in [0, 0.05) is 24.8 Å². The molecule has 2 aliphatic rings. The lowest BCUT2D eigenvalue weighted by Crippen LogP contribution is -2.33. The fraction of sp³-hybridized carbons (Fsp3) is 0.786. The molecular formula is C14H24N4O2S. The molecule has 7 heteroatoms. The second-order valence-electron chi connectivity index (χ2n) is 6.27. The molecule has 1 aromatic heterocycles. The molecule has 1 aromatic rings. The predicted octanol–water partition coefficient (Wildman–Crippen LogP) is 1.10. The Kier molecular flexibility index (Phi) is 4.33. The Morgan fingerprint density at radius 1 is 1.38 bits per heavy atom. The van der Waals surface area contributed by atoms with Gasteiger partial charge in [0.25, 0.3) is 0 Å². The molecule has 0 aliphatic heterocycles. The van der Waals surface area contributed by atoms with Gasteiger partial charge in [0.05, 0.1) is 6.20 Å². The number of rotatable bonds is 9. The van der Waals surface area contributed by atoms with Crippen molar-refractivity contribution in [3.8, 4) is 0 Å². The highest BCUT2D eigenvalue weighted by molar-refractivity contribution is 7.89. The number of nitrogens with one attached hydrogen (secondary N) is 2. The van der Waals surface area contributed by atoms with E-state index in [0.29, 0.717) is 12.0 Å². The van der Waals surface area contributed by atoms with Crippen molar-refractivity contribution < 1.29 is 8.42 Å². The minimum absolute atomic E-state index is 0.0149. The fourth-order valence-electron chi connectivity index (χ4n) is 2.45. The van der Waals surface area contributed by atoms with Crippen LogP contribution in [0.15, 0.2) is 17.3 Å². The lowest BCUT2D eigenvalue weighted by molar-refractivity contribution is 0.534. The number of hydrogen-bond acceptors (Lipinski definition) is 4. The third kappa shape index (κ3) is 4.28. The van der Waals surface area contributed by atoms with Crippen LogP contribution in [0.3, 0.4) is 0 Å². The maximum Gasteiger partial charge on any atom is 0.243 e. The van der Waals surface area contributed by atoms with Gasteiger partial charge in [-0.25, -0.2) is 13.1 Å². The van der Waals surface area contributed by atoms with E-state index in [-0.39, 0.29) is 10.9 Å². The quantitative estimate of drug-likeness (QED) is 0.670. The molecule has 2 aliphatic carbocycles. The SMILES string of the molecule is CC(NS(=O)(=O)c1cnn(CCCNC2CC2)c1)C1CC1. The van der Waals surface area contributed by atoms with E-state index in [1.165, 1.54) is 19.0 Å². The summed E-state index contributed by atoms with van der Waals surface area (Å²) >= 11 is 0. The summed E-state index contributed by atoms with van der Waals surface area (Å²) in [6, 6.07) is 0.729. The van der Waals surface area contributed by atoms with Crippen molar-refractivity contribution in [1.82, 2.24) is 19.8 Å². The van der Waals surface area contributed by atoms with Gasteiger partial charge >= 0.3 is 0 Å². The van der Waals surface area contributed by atoms with Gasteiger partial charge in [-0.3, -0.25) is 4.68 Å². The van der Waals surface area contributed by atoms with Crippen molar-refractivity contribution in [2.24, 2.45) is 5.92 Å². The van der Waals surface area contributed by atoms with Crippen molar-refractivity contribution in [2.75, 3.05) is 6.54 Å². The molecule has 118 valence electrons. The second kappa shape index (κ2) is 6.06. The largest absolute Gasteiger partial charge is 0.314 e. The van der Waals surface area contributed by atoms with Gasteiger partial charge in [0.2, 0.25) is 10.0 Å². The number of sulfonamides is 1. The van der Waals surface area contributed by atoms with E-state index in [1.54, 1.807) is 10.9 Å². The maximum atomic E-state index is 12.2. The molecule has 21 heavy (non-hydrogen) atoms. The minimum atomic E-state index is -3.43. The molecule has 3 rings (SSSR count). The predicted molar refractivity (Wildman–Crippen MR) is 80.4 cm³/mol. The first-order chi connectivity index (χ1) is 10.0. The van der Waals surface area contributed by atoms with Crippen LogP contribution < -0.4 is 10.0 Å². The first-order valence-corrected chi connectivity index (χ1v) is 9.31. The molecule has 1 atom stereocenters. The minimum Gasteiger partial charge on any atom is -0.314 e. The van der Waals surface area contributed by atoms with Crippen LogP contribution in [0.4, 0.5) is 0 Å². The first kappa shape index (κ1) is 15.0. The monoisotopic (exact) mass is 312 g/mol. The molecule has 6 nitrogen and oxygen atoms in total. The van der Waals surface area contributed by atoms with Gasteiger partial charge in [0.1, 0.15) is 4.90 Å². The van der Waals surface area contributed by atoms with Crippen LogP contribution >= 0.6 is 0 Å². The zero-order valence-electron chi connectivity index (χ0n) is 12.5. The van der Waals surface area contributed by atoms with Crippen molar-refractivity contribution >= 4 is 10.0 Å². The Labute approximate surface area is 126 Å². The molecule has 2 saturated carbocycles. The fourth-order valence-corrected chi connectivity index (χ4v) is 3.71. The van der Waals surface area contributed by atoms with Gasteiger partial charge in [-0.15, -0.1) is 0 Å². The number of aryl methyl sites for hydroxylation is 1. The van der Waals surface area contributed by atoms with Crippen LogP contribution in [0.25, 0.3) is 0 Å². The zero-order chi connectivity index (χ0) is 14.9. The third-order valence-electron chi connectivity index (χ3n) is 4.16. The van der Waals surface area contributed by atoms with E-state index in [2.05, 4.69) is 15.1 Å². The van der Waals surface area contributed by atoms with Crippen LogP contribution in [-0.4, -0.2) is 36.8 Å². The molecular weight excluding hydrogens is 288 g/mol. The highest BCUT2D eigenvalue weighted by Crippen LogP contribution is 2.32.